The summed E-state index contributed by atoms with van der Waals surface area (Å²) in [5.74, 6) is -0.630. The summed E-state index contributed by atoms with van der Waals surface area (Å²) in [7, 11) is -1.54. The fraction of sp³-hybridized carbons (Fsp3) is 0.350. The summed E-state index contributed by atoms with van der Waals surface area (Å²) in [5, 5.41) is 0. The highest BCUT2D eigenvalue weighted by Crippen LogP contribution is 2.33. The fourth-order valence-electron chi connectivity index (χ4n) is 2.71. The topological polar surface area (TPSA) is 90.9 Å². The second-order valence-corrected chi connectivity index (χ2v) is 8.51. The Bertz CT molecular complexity index is 1060. The lowest BCUT2D eigenvalue weighted by Crippen LogP contribution is -2.20. The number of hydrogen-bond acceptors (Lipinski definition) is 6. The van der Waals surface area contributed by atoms with Crippen molar-refractivity contribution in [3.63, 3.8) is 0 Å². The molecule has 0 radical (unpaired) electrons. The molecule has 2 aromatic carbocycles. The first kappa shape index (κ1) is 25.6. The number of hydrogen-bond donors (Lipinski definition) is 1. The van der Waals surface area contributed by atoms with Gasteiger partial charge in [0.05, 0.1) is 30.4 Å². The van der Waals surface area contributed by atoms with Crippen molar-refractivity contribution in [2.24, 2.45) is 0 Å². The zero-order chi connectivity index (χ0) is 23.9. The summed E-state index contributed by atoms with van der Waals surface area (Å²) < 4.78 is 80.4. The molecule has 0 aromatic heterocycles. The number of alkyl halides is 4. The number of halogens is 4. The Kier molecular flexibility index (Phi) is 8.62. The second kappa shape index (κ2) is 10.8. The summed E-state index contributed by atoms with van der Waals surface area (Å²) in [4.78, 5) is 12.1. The molecule has 0 spiro atoms. The minimum absolute atomic E-state index is 0.0684. The first-order valence-corrected chi connectivity index (χ1v) is 11.3. The molecule has 2 rings (SSSR count). The Morgan fingerprint density at radius 3 is 2.34 bits per heavy atom. The lowest BCUT2D eigenvalue weighted by molar-refractivity contribution is -0.274. The molecular formula is C20H21ClF3NO6S. The molecule has 0 aliphatic heterocycles. The van der Waals surface area contributed by atoms with Gasteiger partial charge >= 0.3 is 6.36 Å². The molecule has 0 unspecified atom stereocenters. The van der Waals surface area contributed by atoms with Crippen LogP contribution in [0, 0.1) is 0 Å². The summed E-state index contributed by atoms with van der Waals surface area (Å²) in [5.41, 5.74) is -0.430. The number of carbonyl (C=O) groups excluding carboxylic acids is 1. The van der Waals surface area contributed by atoms with Gasteiger partial charge in [0, 0.05) is 18.4 Å². The number of methoxy groups -OCH3 is 2. The van der Waals surface area contributed by atoms with Gasteiger partial charge in [0.25, 0.3) is 10.0 Å². The maximum absolute atomic E-state index is 12.9. The van der Waals surface area contributed by atoms with E-state index in [4.69, 9.17) is 21.1 Å². The van der Waals surface area contributed by atoms with Gasteiger partial charge in [-0.15, -0.1) is 24.8 Å². The molecule has 0 saturated carbocycles. The number of ether oxygens (including phenoxy) is 3. The van der Waals surface area contributed by atoms with Crippen LogP contribution in [0.1, 0.15) is 29.6 Å². The zero-order valence-electron chi connectivity index (χ0n) is 17.2. The predicted octanol–water partition coefficient (Wildman–Crippen LogP) is 5.00. The second-order valence-electron chi connectivity index (χ2n) is 6.45. The van der Waals surface area contributed by atoms with Crippen molar-refractivity contribution in [2.75, 3.05) is 24.8 Å². The quantitative estimate of drug-likeness (QED) is 0.268. The van der Waals surface area contributed by atoms with E-state index in [9.17, 15) is 26.4 Å². The molecule has 12 heteroatoms. The third-order valence-corrected chi connectivity index (χ3v) is 5.86. The number of nitrogens with one attached hydrogen (secondary N) is 1. The minimum Gasteiger partial charge on any atom is -0.497 e. The van der Waals surface area contributed by atoms with E-state index in [-0.39, 0.29) is 23.7 Å². The van der Waals surface area contributed by atoms with E-state index in [1.165, 1.54) is 32.4 Å². The summed E-state index contributed by atoms with van der Waals surface area (Å²) in [6.45, 7) is 0. The Hall–Kier alpha value is -2.66. The van der Waals surface area contributed by atoms with Crippen LogP contribution in [0.5, 0.6) is 17.2 Å². The minimum atomic E-state index is -5.06. The van der Waals surface area contributed by atoms with Crippen molar-refractivity contribution < 1.29 is 40.6 Å². The van der Waals surface area contributed by atoms with Crippen LogP contribution in [-0.2, 0) is 10.0 Å². The van der Waals surface area contributed by atoms with E-state index in [2.05, 4.69) is 9.46 Å². The third kappa shape index (κ3) is 6.92. The van der Waals surface area contributed by atoms with Crippen LogP contribution >= 0.6 is 11.6 Å². The van der Waals surface area contributed by atoms with Gasteiger partial charge in [-0.25, -0.2) is 8.42 Å². The highest BCUT2D eigenvalue weighted by molar-refractivity contribution is 7.92. The number of benzene rings is 2. The predicted molar refractivity (Wildman–Crippen MR) is 112 cm³/mol. The third-order valence-electron chi connectivity index (χ3n) is 4.23. The summed E-state index contributed by atoms with van der Waals surface area (Å²) in [6.07, 6.45) is -4.38. The standard InChI is InChI=1S/C20H21ClF3NO6S/c1-29-13-6-8-16(19(11-13)30-2)25-32(27,28)14-7-9-18(31-20(22,23)24)15(12-14)17(26)5-3-4-10-21/h6-9,11-12,25H,3-5,10H2,1-2H3. The molecule has 0 fully saturated rings. The average Bonchev–Trinajstić information content (AvgIpc) is 2.73. The highest BCUT2D eigenvalue weighted by Gasteiger charge is 2.33. The van der Waals surface area contributed by atoms with Crippen LogP contribution in [0.25, 0.3) is 0 Å². The number of unbranched alkanes of at least 4 members (excludes halogenated alkanes) is 1. The molecule has 7 nitrogen and oxygen atoms in total. The van der Waals surface area contributed by atoms with Crippen molar-refractivity contribution in [3.05, 3.63) is 42.0 Å². The van der Waals surface area contributed by atoms with Crippen LogP contribution in [0.4, 0.5) is 18.9 Å². The van der Waals surface area contributed by atoms with Crippen LogP contribution in [0.3, 0.4) is 0 Å². The maximum atomic E-state index is 12.9. The average molecular weight is 496 g/mol. The van der Waals surface area contributed by atoms with E-state index in [1.54, 1.807) is 0 Å². The van der Waals surface area contributed by atoms with Crippen molar-refractivity contribution in [2.45, 2.75) is 30.5 Å². The van der Waals surface area contributed by atoms with Crippen molar-refractivity contribution in [3.8, 4) is 17.2 Å². The monoisotopic (exact) mass is 495 g/mol. The van der Waals surface area contributed by atoms with Gasteiger partial charge in [-0.1, -0.05) is 0 Å². The van der Waals surface area contributed by atoms with Crippen molar-refractivity contribution in [1.29, 1.82) is 0 Å². The molecule has 0 saturated heterocycles. The van der Waals surface area contributed by atoms with Gasteiger partial charge in [-0.3, -0.25) is 9.52 Å². The van der Waals surface area contributed by atoms with Gasteiger partial charge in [-0.2, -0.15) is 0 Å². The zero-order valence-corrected chi connectivity index (χ0v) is 18.7. The molecular weight excluding hydrogens is 475 g/mol. The Balaban J connectivity index is 2.43. The molecule has 2 aromatic rings. The van der Waals surface area contributed by atoms with Gasteiger partial charge < -0.3 is 14.2 Å². The lowest BCUT2D eigenvalue weighted by Gasteiger charge is -2.16. The Labute approximate surface area is 188 Å². The van der Waals surface area contributed by atoms with E-state index in [1.807, 2.05) is 0 Å². The highest BCUT2D eigenvalue weighted by atomic mass is 35.5. The molecule has 1 N–H and O–H groups in total. The first-order valence-electron chi connectivity index (χ1n) is 9.24. The van der Waals surface area contributed by atoms with Crippen molar-refractivity contribution in [1.82, 2.24) is 0 Å². The Morgan fingerprint density at radius 2 is 1.75 bits per heavy atom. The maximum Gasteiger partial charge on any atom is 0.573 e. The summed E-state index contributed by atoms with van der Waals surface area (Å²) in [6, 6.07) is 6.89. The van der Waals surface area contributed by atoms with Gasteiger partial charge in [0.2, 0.25) is 0 Å². The molecule has 0 heterocycles. The number of ketones is 1. The Morgan fingerprint density at radius 1 is 1.03 bits per heavy atom. The fourth-order valence-corrected chi connectivity index (χ4v) is 3.99. The van der Waals surface area contributed by atoms with Crippen LogP contribution in [0.2, 0.25) is 0 Å². The SMILES string of the molecule is COc1ccc(NS(=O)(=O)c2ccc(OC(F)(F)F)c(C(=O)CCCCCl)c2)c(OC)c1. The van der Waals surface area contributed by atoms with E-state index in [0.717, 1.165) is 18.2 Å². The van der Waals surface area contributed by atoms with E-state index < -0.39 is 38.4 Å². The number of sulfonamides is 1. The molecule has 0 aliphatic carbocycles. The van der Waals surface area contributed by atoms with Gasteiger partial charge in [0.15, 0.2) is 5.78 Å². The number of rotatable bonds is 11. The van der Waals surface area contributed by atoms with Crippen LogP contribution < -0.4 is 18.9 Å². The number of carbonyl (C=O) groups is 1. The molecule has 0 amide bonds. The molecule has 0 bridgehead atoms. The molecule has 32 heavy (non-hydrogen) atoms. The van der Waals surface area contributed by atoms with Gasteiger partial charge in [0.1, 0.15) is 17.2 Å². The van der Waals surface area contributed by atoms with Gasteiger partial charge in [-0.05, 0) is 43.2 Å². The molecule has 0 atom stereocenters. The summed E-state index contributed by atoms with van der Waals surface area (Å²) >= 11 is 5.56. The number of anilines is 1. The van der Waals surface area contributed by atoms with Crippen LogP contribution in [-0.4, -0.2) is 40.7 Å². The molecule has 0 aliphatic rings. The van der Waals surface area contributed by atoms with Crippen LogP contribution in [0.15, 0.2) is 41.3 Å². The lowest BCUT2D eigenvalue weighted by atomic mass is 10.0. The first-order chi connectivity index (χ1) is 15.0. The molecule has 176 valence electrons. The smallest absolute Gasteiger partial charge is 0.497 e. The number of Topliss-reactive ketones (excluding diaryl/α,β-unsaturated/α-hetero) is 1. The normalized spacial score (nSPS) is 11.7. The van der Waals surface area contributed by atoms with E-state index in [0.29, 0.717) is 18.6 Å². The largest absolute Gasteiger partial charge is 0.573 e. The van der Waals surface area contributed by atoms with E-state index >= 15 is 0 Å². The van der Waals surface area contributed by atoms with Crippen molar-refractivity contribution >= 4 is 33.1 Å².